The van der Waals surface area contributed by atoms with Gasteiger partial charge < -0.3 is 14.8 Å². The average Bonchev–Trinajstić information content (AvgIpc) is 2.90. The second-order valence-electron chi connectivity index (χ2n) is 5.49. The second kappa shape index (κ2) is 6.80. The van der Waals surface area contributed by atoms with Crippen LogP contribution in [0.5, 0.6) is 11.5 Å². The third-order valence-electron chi connectivity index (χ3n) is 3.98. The molecular formula is C18H17FN2O4. The van der Waals surface area contributed by atoms with Crippen LogP contribution in [0.1, 0.15) is 6.42 Å². The fourth-order valence-electron chi connectivity index (χ4n) is 2.73. The lowest BCUT2D eigenvalue weighted by atomic mass is 10.2. The lowest BCUT2D eigenvalue weighted by Gasteiger charge is -2.19. The molecule has 0 unspecified atom stereocenters. The minimum atomic E-state index is -0.837. The van der Waals surface area contributed by atoms with E-state index in [4.69, 9.17) is 9.47 Å². The number of hydrogen-bond donors (Lipinski definition) is 1. The molecule has 2 amide bonds. The number of ether oxygens (including phenoxy) is 2. The number of benzene rings is 2. The molecule has 0 radical (unpaired) electrons. The summed E-state index contributed by atoms with van der Waals surface area (Å²) in [6.07, 6.45) is -0.0671. The quantitative estimate of drug-likeness (QED) is 0.845. The molecular weight excluding hydrogens is 327 g/mol. The van der Waals surface area contributed by atoms with Crippen molar-refractivity contribution < 1.29 is 23.5 Å². The van der Waals surface area contributed by atoms with Gasteiger partial charge in [0.05, 0.1) is 32.0 Å². The van der Waals surface area contributed by atoms with E-state index >= 15 is 0 Å². The van der Waals surface area contributed by atoms with E-state index in [2.05, 4.69) is 5.32 Å². The Morgan fingerprint density at radius 1 is 1.12 bits per heavy atom. The summed E-state index contributed by atoms with van der Waals surface area (Å²) < 4.78 is 24.2. The zero-order valence-corrected chi connectivity index (χ0v) is 13.8. The second-order valence-corrected chi connectivity index (χ2v) is 5.49. The molecule has 0 saturated carbocycles. The topological polar surface area (TPSA) is 67.9 Å². The monoisotopic (exact) mass is 344 g/mol. The van der Waals surface area contributed by atoms with Gasteiger partial charge in [0.2, 0.25) is 5.91 Å². The number of hydrogen-bond acceptors (Lipinski definition) is 5. The van der Waals surface area contributed by atoms with E-state index in [1.54, 1.807) is 30.3 Å². The summed E-state index contributed by atoms with van der Waals surface area (Å²) in [5.41, 5.74) is 0.508. The summed E-state index contributed by atoms with van der Waals surface area (Å²) in [7, 11) is 2.95. The molecule has 0 bridgehead atoms. The molecule has 1 atom stereocenters. The van der Waals surface area contributed by atoms with E-state index < -0.39 is 17.8 Å². The lowest BCUT2D eigenvalue weighted by molar-refractivity contribution is -0.121. The Morgan fingerprint density at radius 3 is 2.56 bits per heavy atom. The van der Waals surface area contributed by atoms with Gasteiger partial charge in [-0.2, -0.15) is 0 Å². The smallest absolute Gasteiger partial charge is 0.256 e. The molecule has 25 heavy (non-hydrogen) atoms. The van der Waals surface area contributed by atoms with Crippen LogP contribution in [0.2, 0.25) is 0 Å². The number of halogens is 1. The number of carbonyl (C=O) groups excluding carboxylic acids is 2. The Labute approximate surface area is 144 Å². The highest BCUT2D eigenvalue weighted by Gasteiger charge is 2.41. The molecule has 0 aromatic heterocycles. The third-order valence-corrected chi connectivity index (χ3v) is 3.98. The molecule has 1 aliphatic rings. The van der Waals surface area contributed by atoms with Gasteiger partial charge in [-0.3, -0.25) is 9.59 Å². The van der Waals surface area contributed by atoms with Crippen molar-refractivity contribution in [2.75, 3.05) is 24.4 Å². The van der Waals surface area contributed by atoms with Crippen molar-refractivity contribution in [3.8, 4) is 11.5 Å². The number of anilines is 2. The minimum absolute atomic E-state index is 0.0671. The Bertz CT molecular complexity index is 824. The van der Waals surface area contributed by atoms with Crippen molar-refractivity contribution in [3.05, 3.63) is 48.3 Å². The first-order valence-corrected chi connectivity index (χ1v) is 7.65. The van der Waals surface area contributed by atoms with Crippen molar-refractivity contribution in [2.45, 2.75) is 12.5 Å². The van der Waals surface area contributed by atoms with Crippen molar-refractivity contribution in [1.29, 1.82) is 0 Å². The number of amides is 2. The summed E-state index contributed by atoms with van der Waals surface area (Å²) >= 11 is 0. The molecule has 1 N–H and O–H groups in total. The van der Waals surface area contributed by atoms with E-state index in [1.165, 1.54) is 26.4 Å². The highest BCUT2D eigenvalue weighted by Crippen LogP contribution is 2.35. The SMILES string of the molecule is COc1ccc(N2C(=O)C[C@H](Nc3ccccc3F)C2=O)c(OC)c1. The first kappa shape index (κ1) is 16.8. The standard InChI is InChI=1S/C18H17FN2O4/c1-24-11-7-8-15(16(9-11)25-2)21-17(22)10-14(18(21)23)20-13-6-4-3-5-12(13)19/h3-9,14,20H,10H2,1-2H3/t14-/m0/s1. The Morgan fingerprint density at radius 2 is 1.88 bits per heavy atom. The molecule has 1 saturated heterocycles. The molecule has 1 fully saturated rings. The van der Waals surface area contributed by atoms with Gasteiger partial charge in [0.1, 0.15) is 23.4 Å². The molecule has 6 nitrogen and oxygen atoms in total. The van der Waals surface area contributed by atoms with Crippen LogP contribution in [0.15, 0.2) is 42.5 Å². The lowest BCUT2D eigenvalue weighted by Crippen LogP contribution is -2.35. The maximum absolute atomic E-state index is 13.8. The van der Waals surface area contributed by atoms with E-state index in [-0.39, 0.29) is 18.0 Å². The van der Waals surface area contributed by atoms with E-state index in [1.807, 2.05) is 0 Å². The maximum atomic E-state index is 13.8. The van der Waals surface area contributed by atoms with Crippen LogP contribution >= 0.6 is 0 Å². The molecule has 7 heteroatoms. The van der Waals surface area contributed by atoms with E-state index in [9.17, 15) is 14.0 Å². The third kappa shape index (κ3) is 3.13. The van der Waals surface area contributed by atoms with Crippen molar-refractivity contribution in [3.63, 3.8) is 0 Å². The normalized spacial score (nSPS) is 16.9. The Hall–Kier alpha value is -3.09. The zero-order valence-electron chi connectivity index (χ0n) is 13.8. The zero-order chi connectivity index (χ0) is 18.0. The maximum Gasteiger partial charge on any atom is 0.256 e. The largest absolute Gasteiger partial charge is 0.497 e. The highest BCUT2D eigenvalue weighted by molar-refractivity contribution is 6.23. The molecule has 2 aromatic carbocycles. The van der Waals surface area contributed by atoms with Gasteiger partial charge in [-0.25, -0.2) is 9.29 Å². The predicted molar refractivity (Wildman–Crippen MR) is 90.5 cm³/mol. The first-order valence-electron chi connectivity index (χ1n) is 7.65. The molecule has 130 valence electrons. The number of imide groups is 1. The fraction of sp³-hybridized carbons (Fsp3) is 0.222. The summed E-state index contributed by atoms with van der Waals surface area (Å²) in [4.78, 5) is 26.1. The Kier molecular flexibility index (Phi) is 4.56. The van der Waals surface area contributed by atoms with Gasteiger partial charge >= 0.3 is 0 Å². The molecule has 0 aliphatic carbocycles. The first-order chi connectivity index (χ1) is 12.0. The molecule has 1 heterocycles. The van der Waals surface area contributed by atoms with Crippen LogP contribution in [0.25, 0.3) is 0 Å². The van der Waals surface area contributed by atoms with Gasteiger partial charge in [0, 0.05) is 6.07 Å². The Balaban J connectivity index is 1.88. The van der Waals surface area contributed by atoms with Crippen LogP contribution < -0.4 is 19.7 Å². The van der Waals surface area contributed by atoms with Crippen molar-refractivity contribution in [2.24, 2.45) is 0 Å². The van der Waals surface area contributed by atoms with Crippen molar-refractivity contribution in [1.82, 2.24) is 0 Å². The summed E-state index contributed by atoms with van der Waals surface area (Å²) in [6, 6.07) is 9.98. The number of carbonyl (C=O) groups is 2. The number of rotatable bonds is 5. The van der Waals surface area contributed by atoms with Crippen LogP contribution in [-0.4, -0.2) is 32.1 Å². The summed E-state index contributed by atoms with van der Waals surface area (Å²) in [5, 5.41) is 2.80. The predicted octanol–water partition coefficient (Wildman–Crippen LogP) is 2.59. The number of para-hydroxylation sites is 1. The van der Waals surface area contributed by atoms with Gasteiger partial charge in [-0.1, -0.05) is 12.1 Å². The number of nitrogens with zero attached hydrogens (tertiary/aromatic N) is 1. The van der Waals surface area contributed by atoms with Gasteiger partial charge in [0.25, 0.3) is 5.91 Å². The molecule has 3 rings (SSSR count). The number of methoxy groups -OCH3 is 2. The number of nitrogens with one attached hydrogen (secondary N) is 1. The summed E-state index contributed by atoms with van der Waals surface area (Å²) in [6.45, 7) is 0. The van der Waals surface area contributed by atoms with Gasteiger partial charge in [-0.15, -0.1) is 0 Å². The highest BCUT2D eigenvalue weighted by atomic mass is 19.1. The minimum Gasteiger partial charge on any atom is -0.497 e. The van der Waals surface area contributed by atoms with Gasteiger partial charge in [-0.05, 0) is 24.3 Å². The van der Waals surface area contributed by atoms with Crippen LogP contribution in [-0.2, 0) is 9.59 Å². The average molecular weight is 344 g/mol. The molecule has 0 spiro atoms. The summed E-state index contributed by atoms with van der Waals surface area (Å²) in [5.74, 6) is -0.449. The molecule has 1 aliphatic heterocycles. The van der Waals surface area contributed by atoms with Crippen molar-refractivity contribution >= 4 is 23.2 Å². The van der Waals surface area contributed by atoms with Crippen LogP contribution in [0, 0.1) is 5.82 Å². The molecule has 2 aromatic rings. The van der Waals surface area contributed by atoms with Crippen LogP contribution in [0.3, 0.4) is 0 Å². The van der Waals surface area contributed by atoms with E-state index in [0.717, 1.165) is 4.90 Å². The fourth-order valence-corrected chi connectivity index (χ4v) is 2.73. The van der Waals surface area contributed by atoms with E-state index in [0.29, 0.717) is 17.2 Å². The van der Waals surface area contributed by atoms with Gasteiger partial charge in [0.15, 0.2) is 0 Å². The van der Waals surface area contributed by atoms with Crippen LogP contribution in [0.4, 0.5) is 15.8 Å².